The van der Waals surface area contributed by atoms with Crippen LogP contribution >= 0.6 is 0 Å². The van der Waals surface area contributed by atoms with Crippen LogP contribution in [0.3, 0.4) is 0 Å². The highest BCUT2D eigenvalue weighted by Gasteiger charge is 2.43. The first-order valence-electron chi connectivity index (χ1n) is 6.06. The van der Waals surface area contributed by atoms with Crippen LogP contribution < -0.4 is 5.32 Å². The molecular weight excluding hydrogens is 250 g/mol. The van der Waals surface area contributed by atoms with E-state index in [-0.39, 0.29) is 25.5 Å². The number of amides is 1. The van der Waals surface area contributed by atoms with Gasteiger partial charge in [0, 0.05) is 18.7 Å². The lowest BCUT2D eigenvalue weighted by Crippen LogP contribution is -2.55. The van der Waals surface area contributed by atoms with Gasteiger partial charge in [-0.25, -0.2) is 4.79 Å². The first kappa shape index (κ1) is 13.5. The zero-order valence-electron chi connectivity index (χ0n) is 11.0. The molecule has 0 bridgehead atoms. The van der Waals surface area contributed by atoms with E-state index in [0.717, 1.165) is 11.4 Å². The fourth-order valence-electron chi connectivity index (χ4n) is 2.16. The SMILES string of the molecule is Cc1cc(C)n(CC(=O)NC2(C(=O)O)CCOC2)n1. The Kier molecular flexibility index (Phi) is 3.57. The van der Waals surface area contributed by atoms with Crippen molar-refractivity contribution >= 4 is 11.9 Å². The lowest BCUT2D eigenvalue weighted by molar-refractivity contribution is -0.147. The minimum Gasteiger partial charge on any atom is -0.479 e. The molecule has 1 amide bonds. The second-order valence-corrected chi connectivity index (χ2v) is 4.82. The topological polar surface area (TPSA) is 93.5 Å². The van der Waals surface area contributed by atoms with E-state index in [0.29, 0.717) is 6.61 Å². The highest BCUT2D eigenvalue weighted by Crippen LogP contribution is 2.19. The van der Waals surface area contributed by atoms with E-state index in [1.165, 1.54) is 0 Å². The number of ether oxygens (including phenoxy) is 1. The summed E-state index contributed by atoms with van der Waals surface area (Å²) in [5.41, 5.74) is 0.384. The molecule has 0 aromatic carbocycles. The second-order valence-electron chi connectivity index (χ2n) is 4.82. The Morgan fingerprint density at radius 3 is 2.79 bits per heavy atom. The number of aromatic nitrogens is 2. The quantitative estimate of drug-likeness (QED) is 0.792. The van der Waals surface area contributed by atoms with E-state index >= 15 is 0 Å². The molecule has 2 N–H and O–H groups in total. The standard InChI is InChI=1S/C12H17N3O4/c1-8-5-9(2)15(14-8)6-10(16)13-12(11(17)18)3-4-19-7-12/h5H,3-4,6-7H2,1-2H3,(H,13,16)(H,17,18). The van der Waals surface area contributed by atoms with Crippen molar-refractivity contribution in [2.24, 2.45) is 0 Å². The molecule has 7 heteroatoms. The van der Waals surface area contributed by atoms with Crippen LogP contribution in [0.2, 0.25) is 0 Å². The highest BCUT2D eigenvalue weighted by atomic mass is 16.5. The van der Waals surface area contributed by atoms with Gasteiger partial charge in [0.05, 0.1) is 12.3 Å². The summed E-state index contributed by atoms with van der Waals surface area (Å²) in [5, 5.41) is 15.9. The zero-order valence-corrected chi connectivity index (χ0v) is 11.0. The number of rotatable bonds is 4. The highest BCUT2D eigenvalue weighted by molar-refractivity contribution is 5.87. The van der Waals surface area contributed by atoms with Crippen LogP contribution in [0.1, 0.15) is 17.8 Å². The number of nitrogens with zero attached hydrogens (tertiary/aromatic N) is 2. The number of aliphatic carboxylic acids is 1. The predicted molar refractivity (Wildman–Crippen MR) is 65.6 cm³/mol. The van der Waals surface area contributed by atoms with Crippen LogP contribution in [-0.2, 0) is 20.9 Å². The Labute approximate surface area is 110 Å². The maximum atomic E-state index is 11.9. The Balaban J connectivity index is 2.04. The fraction of sp³-hybridized carbons (Fsp3) is 0.583. The molecule has 1 atom stereocenters. The van der Waals surface area contributed by atoms with Crippen LogP contribution in [0, 0.1) is 13.8 Å². The number of nitrogens with one attached hydrogen (secondary N) is 1. The van der Waals surface area contributed by atoms with Crippen molar-refractivity contribution in [3.8, 4) is 0 Å². The smallest absolute Gasteiger partial charge is 0.331 e. The van der Waals surface area contributed by atoms with Gasteiger partial charge in [0.25, 0.3) is 0 Å². The molecule has 0 radical (unpaired) electrons. The van der Waals surface area contributed by atoms with Crippen LogP contribution in [0.25, 0.3) is 0 Å². The molecule has 2 heterocycles. The summed E-state index contributed by atoms with van der Waals surface area (Å²) in [7, 11) is 0. The van der Waals surface area contributed by atoms with E-state index in [1.807, 2.05) is 19.9 Å². The van der Waals surface area contributed by atoms with Gasteiger partial charge >= 0.3 is 5.97 Å². The van der Waals surface area contributed by atoms with Crippen molar-refractivity contribution in [3.63, 3.8) is 0 Å². The average Bonchev–Trinajstić information content (AvgIpc) is 2.88. The molecule has 1 fully saturated rings. The predicted octanol–water partition coefficient (Wildman–Crippen LogP) is -0.140. The lowest BCUT2D eigenvalue weighted by atomic mass is 9.99. The average molecular weight is 267 g/mol. The largest absolute Gasteiger partial charge is 0.479 e. The zero-order chi connectivity index (χ0) is 14.0. The monoisotopic (exact) mass is 267 g/mol. The minimum atomic E-state index is -1.30. The van der Waals surface area contributed by atoms with Gasteiger partial charge in [0.2, 0.25) is 5.91 Å². The first-order valence-corrected chi connectivity index (χ1v) is 6.06. The van der Waals surface area contributed by atoms with E-state index in [1.54, 1.807) is 4.68 Å². The van der Waals surface area contributed by atoms with Crippen molar-refractivity contribution in [2.75, 3.05) is 13.2 Å². The van der Waals surface area contributed by atoms with Gasteiger partial charge in [-0.2, -0.15) is 5.10 Å². The molecule has 0 aliphatic carbocycles. The lowest BCUT2D eigenvalue weighted by Gasteiger charge is -2.23. The summed E-state index contributed by atoms with van der Waals surface area (Å²) in [6.07, 6.45) is 0.283. The second kappa shape index (κ2) is 5.00. The molecule has 0 saturated carbocycles. The molecule has 1 aliphatic rings. The summed E-state index contributed by atoms with van der Waals surface area (Å²) in [6.45, 7) is 4.04. The number of carbonyl (C=O) groups excluding carboxylic acids is 1. The van der Waals surface area contributed by atoms with Gasteiger partial charge in [-0.1, -0.05) is 0 Å². The molecule has 1 saturated heterocycles. The van der Waals surface area contributed by atoms with Gasteiger partial charge in [0.1, 0.15) is 6.54 Å². The van der Waals surface area contributed by atoms with Crippen molar-refractivity contribution in [3.05, 3.63) is 17.5 Å². The molecule has 1 unspecified atom stereocenters. The summed E-state index contributed by atoms with van der Waals surface area (Å²) in [6, 6.07) is 1.86. The van der Waals surface area contributed by atoms with Crippen molar-refractivity contribution in [1.29, 1.82) is 0 Å². The number of hydrogen-bond acceptors (Lipinski definition) is 4. The third-order valence-corrected chi connectivity index (χ3v) is 3.21. The molecule has 104 valence electrons. The fourth-order valence-corrected chi connectivity index (χ4v) is 2.16. The molecule has 1 aromatic heterocycles. The van der Waals surface area contributed by atoms with Crippen molar-refractivity contribution in [1.82, 2.24) is 15.1 Å². The normalized spacial score (nSPS) is 22.4. The van der Waals surface area contributed by atoms with Crippen LogP contribution in [-0.4, -0.2) is 45.5 Å². The van der Waals surface area contributed by atoms with Gasteiger partial charge < -0.3 is 15.2 Å². The van der Waals surface area contributed by atoms with Gasteiger partial charge in [-0.15, -0.1) is 0 Å². The molecule has 7 nitrogen and oxygen atoms in total. The molecule has 1 aliphatic heterocycles. The number of carboxylic acids is 1. The summed E-state index contributed by atoms with van der Waals surface area (Å²) in [5.74, 6) is -1.44. The Hall–Kier alpha value is -1.89. The van der Waals surface area contributed by atoms with E-state index in [2.05, 4.69) is 10.4 Å². The van der Waals surface area contributed by atoms with Crippen LogP contribution in [0.4, 0.5) is 0 Å². The van der Waals surface area contributed by atoms with E-state index in [9.17, 15) is 14.7 Å². The number of carboxylic acid groups (broad SMARTS) is 1. The molecule has 1 aromatic rings. The third-order valence-electron chi connectivity index (χ3n) is 3.21. The minimum absolute atomic E-state index is 0.00515. The number of carbonyl (C=O) groups is 2. The number of hydrogen-bond donors (Lipinski definition) is 2. The molecule has 19 heavy (non-hydrogen) atoms. The van der Waals surface area contributed by atoms with Gasteiger partial charge in [-0.3, -0.25) is 9.48 Å². The maximum Gasteiger partial charge on any atom is 0.331 e. The Morgan fingerprint density at radius 2 is 2.32 bits per heavy atom. The molecule has 0 spiro atoms. The van der Waals surface area contributed by atoms with E-state index in [4.69, 9.17) is 4.74 Å². The summed E-state index contributed by atoms with van der Waals surface area (Å²) < 4.78 is 6.63. The summed E-state index contributed by atoms with van der Waals surface area (Å²) >= 11 is 0. The molecular formula is C12H17N3O4. The van der Waals surface area contributed by atoms with Gasteiger partial charge in [0.15, 0.2) is 5.54 Å². The maximum absolute atomic E-state index is 11.9. The molecule has 2 rings (SSSR count). The van der Waals surface area contributed by atoms with Crippen molar-refractivity contribution < 1.29 is 19.4 Å². The summed E-state index contributed by atoms with van der Waals surface area (Å²) in [4.78, 5) is 23.2. The van der Waals surface area contributed by atoms with Crippen LogP contribution in [0.15, 0.2) is 6.07 Å². The Morgan fingerprint density at radius 1 is 1.58 bits per heavy atom. The van der Waals surface area contributed by atoms with Crippen molar-refractivity contribution in [2.45, 2.75) is 32.4 Å². The van der Waals surface area contributed by atoms with Gasteiger partial charge in [-0.05, 0) is 19.9 Å². The van der Waals surface area contributed by atoms with E-state index < -0.39 is 11.5 Å². The first-order chi connectivity index (χ1) is 8.93. The van der Waals surface area contributed by atoms with Crippen LogP contribution in [0.5, 0.6) is 0 Å². The number of aryl methyl sites for hydroxylation is 2. The third kappa shape index (κ3) is 2.76. The Bertz CT molecular complexity index is 503.